The standard InChI is InChI=1S/C17H26O12/c1-10(18)22-5-14-16(28-7-24-12(3)20)17(29-8-25-13(4)21)15(27-9-26-14)6-23-11(2)19/h14-17H,5-9H2,1-4H3/t14-,15-,16-,17-/m0/s1. The number of hydrogen-bond acceptors (Lipinski definition) is 12. The highest BCUT2D eigenvalue weighted by Crippen LogP contribution is 2.23. The Morgan fingerprint density at radius 2 is 1.00 bits per heavy atom. The van der Waals surface area contributed by atoms with Crippen LogP contribution in [0.25, 0.3) is 0 Å². The molecule has 0 radical (unpaired) electrons. The Balaban J connectivity index is 3.01. The van der Waals surface area contributed by atoms with Crippen molar-refractivity contribution in [3.8, 4) is 0 Å². The summed E-state index contributed by atoms with van der Waals surface area (Å²) >= 11 is 0. The molecule has 0 aliphatic carbocycles. The number of hydrogen-bond donors (Lipinski definition) is 0. The van der Waals surface area contributed by atoms with E-state index < -0.39 is 61.9 Å². The molecule has 0 bridgehead atoms. The number of ether oxygens (including phenoxy) is 8. The number of carbonyl (C=O) groups is 4. The van der Waals surface area contributed by atoms with Gasteiger partial charge in [-0.15, -0.1) is 0 Å². The van der Waals surface area contributed by atoms with Gasteiger partial charge in [-0.25, -0.2) is 0 Å². The number of esters is 4. The number of carbonyl (C=O) groups excluding carboxylic acids is 4. The van der Waals surface area contributed by atoms with Crippen molar-refractivity contribution in [1.82, 2.24) is 0 Å². The first-order chi connectivity index (χ1) is 13.7. The van der Waals surface area contributed by atoms with E-state index in [1.165, 1.54) is 27.7 Å². The molecule has 1 aliphatic heterocycles. The molecule has 1 aliphatic rings. The van der Waals surface area contributed by atoms with E-state index in [-0.39, 0.29) is 20.0 Å². The summed E-state index contributed by atoms with van der Waals surface area (Å²) in [7, 11) is 0. The van der Waals surface area contributed by atoms with Crippen LogP contribution in [0, 0.1) is 0 Å². The second-order valence-electron chi connectivity index (χ2n) is 5.90. The van der Waals surface area contributed by atoms with E-state index in [9.17, 15) is 19.2 Å². The maximum Gasteiger partial charge on any atom is 0.304 e. The van der Waals surface area contributed by atoms with E-state index >= 15 is 0 Å². The van der Waals surface area contributed by atoms with Crippen LogP contribution in [0.2, 0.25) is 0 Å². The smallest absolute Gasteiger partial charge is 0.304 e. The summed E-state index contributed by atoms with van der Waals surface area (Å²) in [6, 6.07) is 0. The van der Waals surface area contributed by atoms with Gasteiger partial charge in [0.05, 0.1) is 0 Å². The summed E-state index contributed by atoms with van der Waals surface area (Å²) in [6.07, 6.45) is -3.74. The van der Waals surface area contributed by atoms with Crippen molar-refractivity contribution in [3.63, 3.8) is 0 Å². The molecule has 0 aromatic heterocycles. The molecule has 0 aromatic rings. The lowest BCUT2D eigenvalue weighted by Crippen LogP contribution is -2.50. The van der Waals surface area contributed by atoms with Crippen molar-refractivity contribution in [2.24, 2.45) is 0 Å². The SMILES string of the molecule is CC(=O)OCO[C@@H]1[C@@H](OCOC(C)=O)[C@H](COC(C)=O)OCO[C@H]1COC(C)=O. The zero-order chi connectivity index (χ0) is 21.8. The Labute approximate surface area is 167 Å². The normalized spacial score (nSPS) is 24.1. The topological polar surface area (TPSA) is 142 Å². The van der Waals surface area contributed by atoms with Gasteiger partial charge in [0.25, 0.3) is 0 Å². The van der Waals surface area contributed by atoms with Crippen LogP contribution in [0.15, 0.2) is 0 Å². The van der Waals surface area contributed by atoms with Crippen LogP contribution in [0.3, 0.4) is 0 Å². The van der Waals surface area contributed by atoms with Gasteiger partial charge in [0.1, 0.15) is 44.4 Å². The molecule has 166 valence electrons. The van der Waals surface area contributed by atoms with Crippen molar-refractivity contribution in [2.75, 3.05) is 33.6 Å². The molecular weight excluding hydrogens is 396 g/mol. The third-order valence-corrected chi connectivity index (χ3v) is 3.57. The first kappa shape index (κ1) is 24.8. The van der Waals surface area contributed by atoms with Crippen molar-refractivity contribution >= 4 is 23.9 Å². The van der Waals surface area contributed by atoms with Crippen molar-refractivity contribution < 1.29 is 57.1 Å². The van der Waals surface area contributed by atoms with E-state index in [1.807, 2.05) is 0 Å². The van der Waals surface area contributed by atoms with E-state index in [0.29, 0.717) is 0 Å². The Kier molecular flexibility index (Phi) is 11.1. The van der Waals surface area contributed by atoms with Crippen LogP contribution >= 0.6 is 0 Å². The average Bonchev–Trinajstić information content (AvgIpc) is 2.77. The van der Waals surface area contributed by atoms with Gasteiger partial charge in [-0.2, -0.15) is 0 Å². The lowest BCUT2D eigenvalue weighted by Gasteiger charge is -2.32. The van der Waals surface area contributed by atoms with Crippen LogP contribution in [0.1, 0.15) is 27.7 Å². The fraction of sp³-hybridized carbons (Fsp3) is 0.765. The molecule has 0 unspecified atom stereocenters. The molecule has 12 heteroatoms. The maximum absolute atomic E-state index is 11.2. The molecule has 1 fully saturated rings. The quantitative estimate of drug-likeness (QED) is 0.258. The molecule has 12 nitrogen and oxygen atoms in total. The Morgan fingerprint density at radius 1 is 0.655 bits per heavy atom. The Hall–Kier alpha value is -2.28. The minimum Gasteiger partial charge on any atom is -0.463 e. The molecule has 4 atom stereocenters. The van der Waals surface area contributed by atoms with Gasteiger partial charge in [0, 0.05) is 27.7 Å². The Bertz CT molecular complexity index is 515. The molecule has 0 amide bonds. The summed E-state index contributed by atoms with van der Waals surface area (Å²) in [5.41, 5.74) is 0. The molecule has 1 saturated heterocycles. The van der Waals surface area contributed by atoms with Gasteiger partial charge in [0.2, 0.25) is 0 Å². The first-order valence-electron chi connectivity index (χ1n) is 8.70. The molecule has 0 N–H and O–H groups in total. The van der Waals surface area contributed by atoms with Gasteiger partial charge in [0.15, 0.2) is 13.6 Å². The highest BCUT2D eigenvalue weighted by molar-refractivity contribution is 5.66. The first-order valence-corrected chi connectivity index (χ1v) is 8.70. The van der Waals surface area contributed by atoms with E-state index in [4.69, 9.17) is 37.9 Å². The Morgan fingerprint density at radius 3 is 1.31 bits per heavy atom. The van der Waals surface area contributed by atoms with E-state index in [2.05, 4.69) is 0 Å². The maximum atomic E-state index is 11.2. The molecule has 1 heterocycles. The van der Waals surface area contributed by atoms with Crippen LogP contribution in [-0.4, -0.2) is 81.9 Å². The van der Waals surface area contributed by atoms with Crippen LogP contribution in [0.5, 0.6) is 0 Å². The van der Waals surface area contributed by atoms with Gasteiger partial charge >= 0.3 is 23.9 Å². The molecule has 1 rings (SSSR count). The van der Waals surface area contributed by atoms with Gasteiger partial charge in [-0.3, -0.25) is 19.2 Å². The van der Waals surface area contributed by atoms with Gasteiger partial charge < -0.3 is 37.9 Å². The molecule has 0 spiro atoms. The monoisotopic (exact) mass is 422 g/mol. The van der Waals surface area contributed by atoms with Gasteiger partial charge in [-0.1, -0.05) is 0 Å². The van der Waals surface area contributed by atoms with Crippen molar-refractivity contribution in [3.05, 3.63) is 0 Å². The predicted octanol–water partition coefficient (Wildman–Crippen LogP) is -0.334. The fourth-order valence-corrected chi connectivity index (χ4v) is 2.31. The molecule has 0 aromatic carbocycles. The third-order valence-electron chi connectivity index (χ3n) is 3.57. The predicted molar refractivity (Wildman–Crippen MR) is 90.9 cm³/mol. The summed E-state index contributed by atoms with van der Waals surface area (Å²) in [5.74, 6) is -2.26. The third kappa shape index (κ3) is 10.2. The second kappa shape index (κ2) is 13.0. The summed E-state index contributed by atoms with van der Waals surface area (Å²) < 4.78 is 41.8. The second-order valence-corrected chi connectivity index (χ2v) is 5.90. The van der Waals surface area contributed by atoms with Gasteiger partial charge in [-0.05, 0) is 0 Å². The molecular formula is C17H26O12. The van der Waals surface area contributed by atoms with Crippen molar-refractivity contribution in [2.45, 2.75) is 52.1 Å². The highest BCUT2D eigenvalue weighted by atomic mass is 16.7. The van der Waals surface area contributed by atoms with E-state index in [0.717, 1.165) is 0 Å². The zero-order valence-electron chi connectivity index (χ0n) is 16.7. The summed E-state index contributed by atoms with van der Waals surface area (Å²) in [5, 5.41) is 0. The fourth-order valence-electron chi connectivity index (χ4n) is 2.31. The van der Waals surface area contributed by atoms with E-state index in [1.54, 1.807) is 0 Å². The summed E-state index contributed by atoms with van der Waals surface area (Å²) in [6.45, 7) is 3.27. The summed E-state index contributed by atoms with van der Waals surface area (Å²) in [4.78, 5) is 44.5. The largest absolute Gasteiger partial charge is 0.463 e. The molecule has 0 saturated carbocycles. The van der Waals surface area contributed by atoms with Crippen LogP contribution in [-0.2, 0) is 57.1 Å². The van der Waals surface area contributed by atoms with Crippen molar-refractivity contribution in [1.29, 1.82) is 0 Å². The van der Waals surface area contributed by atoms with Crippen LogP contribution in [0.4, 0.5) is 0 Å². The molecule has 29 heavy (non-hydrogen) atoms. The number of rotatable bonds is 10. The van der Waals surface area contributed by atoms with Crippen LogP contribution < -0.4 is 0 Å². The minimum absolute atomic E-state index is 0.211. The average molecular weight is 422 g/mol. The lowest BCUT2D eigenvalue weighted by atomic mass is 10.0. The zero-order valence-corrected chi connectivity index (χ0v) is 16.7. The lowest BCUT2D eigenvalue weighted by molar-refractivity contribution is -0.210. The minimum atomic E-state index is -0.993. The highest BCUT2D eigenvalue weighted by Gasteiger charge is 2.42.